The van der Waals surface area contributed by atoms with Crippen molar-refractivity contribution in [1.29, 1.82) is 0 Å². The number of ether oxygens (including phenoxy) is 1. The van der Waals surface area contributed by atoms with Crippen LogP contribution in [0.3, 0.4) is 0 Å². The van der Waals surface area contributed by atoms with E-state index in [0.29, 0.717) is 23.7 Å². The second kappa shape index (κ2) is 7.36. The third-order valence-corrected chi connectivity index (χ3v) is 4.77. The molecule has 0 radical (unpaired) electrons. The number of carbonyl (C=O) groups is 1. The molecule has 1 aromatic carbocycles. The zero-order valence-corrected chi connectivity index (χ0v) is 14.8. The van der Waals surface area contributed by atoms with Gasteiger partial charge in [-0.05, 0) is 38.3 Å². The van der Waals surface area contributed by atoms with Crippen LogP contribution in [0.2, 0.25) is 5.02 Å². The lowest BCUT2D eigenvalue weighted by atomic mass is 10.1. The molecule has 5 nitrogen and oxygen atoms in total. The lowest BCUT2D eigenvalue weighted by Crippen LogP contribution is -2.32. The Morgan fingerprint density at radius 2 is 2.21 bits per heavy atom. The number of nitrogens with one attached hydrogen (secondary N) is 1. The molecule has 6 heteroatoms. The van der Waals surface area contributed by atoms with Crippen LogP contribution in [-0.2, 0) is 11.3 Å². The highest BCUT2D eigenvalue weighted by Gasteiger charge is 2.21. The van der Waals surface area contributed by atoms with E-state index in [1.807, 2.05) is 42.8 Å². The number of carbonyl (C=O) groups excluding carboxylic acids is 1. The normalized spacial score (nSPS) is 17.2. The van der Waals surface area contributed by atoms with Crippen LogP contribution in [0, 0.1) is 13.8 Å². The molecule has 128 valence electrons. The monoisotopic (exact) mass is 347 g/mol. The molecule has 0 saturated carbocycles. The van der Waals surface area contributed by atoms with E-state index in [2.05, 4.69) is 10.4 Å². The molecule has 0 spiro atoms. The maximum atomic E-state index is 12.5. The van der Waals surface area contributed by atoms with Crippen molar-refractivity contribution in [3.8, 4) is 0 Å². The third kappa shape index (κ3) is 3.62. The van der Waals surface area contributed by atoms with Crippen LogP contribution in [0.5, 0.6) is 0 Å². The fourth-order valence-corrected chi connectivity index (χ4v) is 3.26. The van der Waals surface area contributed by atoms with E-state index in [9.17, 15) is 4.79 Å². The minimum atomic E-state index is -0.0918. The number of rotatable bonds is 5. The molecule has 1 aliphatic heterocycles. The van der Waals surface area contributed by atoms with E-state index < -0.39 is 0 Å². The van der Waals surface area contributed by atoms with E-state index >= 15 is 0 Å². The average molecular weight is 348 g/mol. The Labute approximate surface area is 147 Å². The molecule has 24 heavy (non-hydrogen) atoms. The Kier molecular flexibility index (Phi) is 5.21. The molecule has 0 bridgehead atoms. The summed E-state index contributed by atoms with van der Waals surface area (Å²) in [6, 6.07) is 7.67. The van der Waals surface area contributed by atoms with Gasteiger partial charge < -0.3 is 10.1 Å². The number of hydrogen-bond acceptors (Lipinski definition) is 3. The molecule has 1 atom stereocenters. The van der Waals surface area contributed by atoms with Crippen molar-refractivity contribution in [2.75, 3.05) is 13.2 Å². The molecular formula is C18H22ClN3O2. The summed E-state index contributed by atoms with van der Waals surface area (Å²) in [5.41, 5.74) is 3.19. The Morgan fingerprint density at radius 3 is 2.92 bits per heavy atom. The van der Waals surface area contributed by atoms with E-state index in [4.69, 9.17) is 16.3 Å². The SMILES string of the molecule is Cc1nn(Cc2ccccc2Cl)c(C)c1C(=O)NCC1CCCO1. The molecule has 0 aliphatic carbocycles. The molecule has 1 aliphatic rings. The zero-order chi connectivity index (χ0) is 17.1. The Hall–Kier alpha value is -1.85. The summed E-state index contributed by atoms with van der Waals surface area (Å²) in [6.07, 6.45) is 2.20. The maximum Gasteiger partial charge on any atom is 0.255 e. The van der Waals surface area contributed by atoms with Crippen molar-refractivity contribution in [1.82, 2.24) is 15.1 Å². The van der Waals surface area contributed by atoms with Crippen LogP contribution in [0.4, 0.5) is 0 Å². The molecule has 2 heterocycles. The van der Waals surface area contributed by atoms with Gasteiger partial charge in [0.2, 0.25) is 0 Å². The first-order valence-electron chi connectivity index (χ1n) is 8.23. The van der Waals surface area contributed by atoms with Crippen molar-refractivity contribution >= 4 is 17.5 Å². The first kappa shape index (κ1) is 17.0. The zero-order valence-electron chi connectivity index (χ0n) is 14.0. The van der Waals surface area contributed by atoms with Gasteiger partial charge in [0.05, 0.1) is 23.9 Å². The highest BCUT2D eigenvalue weighted by molar-refractivity contribution is 6.31. The molecule has 1 saturated heterocycles. The summed E-state index contributed by atoms with van der Waals surface area (Å²) >= 11 is 6.22. The van der Waals surface area contributed by atoms with Crippen molar-refractivity contribution in [3.63, 3.8) is 0 Å². The van der Waals surface area contributed by atoms with Gasteiger partial charge in [-0.3, -0.25) is 9.48 Å². The van der Waals surface area contributed by atoms with Gasteiger partial charge in [0, 0.05) is 23.9 Å². The highest BCUT2D eigenvalue weighted by atomic mass is 35.5. The average Bonchev–Trinajstić information content (AvgIpc) is 3.16. The largest absolute Gasteiger partial charge is 0.376 e. The Balaban J connectivity index is 1.73. The Bertz CT molecular complexity index is 736. The van der Waals surface area contributed by atoms with Crippen LogP contribution in [-0.4, -0.2) is 34.9 Å². The van der Waals surface area contributed by atoms with Crippen LogP contribution in [0.25, 0.3) is 0 Å². The molecule has 1 aromatic heterocycles. The van der Waals surface area contributed by atoms with Gasteiger partial charge in [-0.15, -0.1) is 0 Å². The summed E-state index contributed by atoms with van der Waals surface area (Å²) in [6.45, 7) is 5.65. The van der Waals surface area contributed by atoms with Crippen molar-refractivity contribution < 1.29 is 9.53 Å². The molecule has 2 aromatic rings. The third-order valence-electron chi connectivity index (χ3n) is 4.40. The number of amides is 1. The van der Waals surface area contributed by atoms with Gasteiger partial charge in [-0.2, -0.15) is 5.10 Å². The van der Waals surface area contributed by atoms with Crippen LogP contribution in [0.15, 0.2) is 24.3 Å². The first-order chi connectivity index (χ1) is 11.6. The fourth-order valence-electron chi connectivity index (χ4n) is 3.07. The van der Waals surface area contributed by atoms with E-state index in [0.717, 1.165) is 36.4 Å². The van der Waals surface area contributed by atoms with E-state index in [1.165, 1.54) is 0 Å². The van der Waals surface area contributed by atoms with Crippen molar-refractivity contribution in [3.05, 3.63) is 51.8 Å². The highest BCUT2D eigenvalue weighted by Crippen LogP contribution is 2.19. The summed E-state index contributed by atoms with van der Waals surface area (Å²) < 4.78 is 7.38. The lowest BCUT2D eigenvalue weighted by molar-refractivity contribution is 0.0856. The molecule has 3 rings (SSSR count). The first-order valence-corrected chi connectivity index (χ1v) is 8.61. The lowest BCUT2D eigenvalue weighted by Gasteiger charge is -2.11. The minimum Gasteiger partial charge on any atom is -0.376 e. The van der Waals surface area contributed by atoms with Crippen LogP contribution in [0.1, 0.15) is 40.2 Å². The van der Waals surface area contributed by atoms with Crippen molar-refractivity contribution in [2.24, 2.45) is 0 Å². The van der Waals surface area contributed by atoms with Gasteiger partial charge in [0.15, 0.2) is 0 Å². The summed E-state index contributed by atoms with van der Waals surface area (Å²) in [4.78, 5) is 12.5. The summed E-state index contributed by atoms with van der Waals surface area (Å²) in [7, 11) is 0. The molecular weight excluding hydrogens is 326 g/mol. The summed E-state index contributed by atoms with van der Waals surface area (Å²) in [5, 5.41) is 8.18. The predicted octanol–water partition coefficient (Wildman–Crippen LogP) is 3.11. The number of aromatic nitrogens is 2. The van der Waals surface area contributed by atoms with Crippen molar-refractivity contribution in [2.45, 2.75) is 39.3 Å². The number of benzene rings is 1. The van der Waals surface area contributed by atoms with Crippen LogP contribution >= 0.6 is 11.6 Å². The van der Waals surface area contributed by atoms with E-state index in [-0.39, 0.29) is 12.0 Å². The second-order valence-electron chi connectivity index (χ2n) is 6.14. The molecule has 1 amide bonds. The maximum absolute atomic E-state index is 12.5. The minimum absolute atomic E-state index is 0.0918. The Morgan fingerprint density at radius 1 is 1.42 bits per heavy atom. The number of aryl methyl sites for hydroxylation is 1. The fraction of sp³-hybridized carbons (Fsp3) is 0.444. The van der Waals surface area contributed by atoms with Gasteiger partial charge in [0.1, 0.15) is 0 Å². The van der Waals surface area contributed by atoms with Gasteiger partial charge in [-0.1, -0.05) is 29.8 Å². The molecule has 1 N–H and O–H groups in total. The van der Waals surface area contributed by atoms with Gasteiger partial charge in [-0.25, -0.2) is 0 Å². The van der Waals surface area contributed by atoms with Crippen LogP contribution < -0.4 is 5.32 Å². The standard InChI is InChI=1S/C18H22ClN3O2/c1-12-17(18(23)20-10-15-7-5-9-24-15)13(2)22(21-12)11-14-6-3-4-8-16(14)19/h3-4,6,8,15H,5,7,9-11H2,1-2H3,(H,20,23). The topological polar surface area (TPSA) is 56.2 Å². The van der Waals surface area contributed by atoms with Gasteiger partial charge >= 0.3 is 0 Å². The number of nitrogens with zero attached hydrogens (tertiary/aromatic N) is 2. The quantitative estimate of drug-likeness (QED) is 0.904. The smallest absolute Gasteiger partial charge is 0.255 e. The predicted molar refractivity (Wildman–Crippen MR) is 93.6 cm³/mol. The molecule has 1 fully saturated rings. The molecule has 1 unspecified atom stereocenters. The summed E-state index contributed by atoms with van der Waals surface area (Å²) in [5.74, 6) is -0.0918. The number of hydrogen-bond donors (Lipinski definition) is 1. The number of halogens is 1. The van der Waals surface area contributed by atoms with E-state index in [1.54, 1.807) is 0 Å². The van der Waals surface area contributed by atoms with Gasteiger partial charge in [0.25, 0.3) is 5.91 Å². The second-order valence-corrected chi connectivity index (χ2v) is 6.55.